The average Bonchev–Trinajstić information content (AvgIpc) is 2.69. The Morgan fingerprint density at radius 3 is 2.78 bits per heavy atom. The second-order valence-corrected chi connectivity index (χ2v) is 4.63. The summed E-state index contributed by atoms with van der Waals surface area (Å²) in [4.78, 5) is 4.21. The quantitative estimate of drug-likeness (QED) is 0.673. The normalized spacial score (nSPS) is 12.2. The number of thioether (sulfide) groups is 1. The minimum Gasteiger partial charge on any atom is -0.431 e. The Morgan fingerprint density at radius 1 is 1.28 bits per heavy atom. The molecule has 0 unspecified atom stereocenters. The summed E-state index contributed by atoms with van der Waals surface area (Å²) >= 11 is 1.29. The van der Waals surface area contributed by atoms with Crippen molar-refractivity contribution in [1.29, 1.82) is 0 Å². The highest BCUT2D eigenvalue weighted by Gasteiger charge is 2.25. The van der Waals surface area contributed by atoms with Crippen molar-refractivity contribution in [3.8, 4) is 0 Å². The van der Waals surface area contributed by atoms with Crippen molar-refractivity contribution >= 4 is 22.9 Å². The van der Waals surface area contributed by atoms with E-state index in [2.05, 4.69) is 10.3 Å². The molecule has 0 saturated carbocycles. The minimum absolute atomic E-state index is 0.253. The van der Waals surface area contributed by atoms with Crippen LogP contribution in [0.2, 0.25) is 0 Å². The van der Waals surface area contributed by atoms with Crippen LogP contribution in [0.15, 0.2) is 33.9 Å². The molecule has 0 aliphatic rings. The Hall–Kier alpha value is -1.21. The fraction of sp³-hybridized carbons (Fsp3) is 0.364. The standard InChI is InChI=1S/C11H11F3N2OS/c12-11(13,14)7-15-5-6-18-10-16-8-3-1-2-4-9(8)17-10/h1-4,15H,5-7H2. The van der Waals surface area contributed by atoms with Gasteiger partial charge in [-0.15, -0.1) is 0 Å². The predicted octanol–water partition coefficient (Wildman–Crippen LogP) is 3.07. The van der Waals surface area contributed by atoms with Crippen LogP contribution in [0.25, 0.3) is 11.1 Å². The highest BCUT2D eigenvalue weighted by atomic mass is 32.2. The third-order valence-corrected chi connectivity index (χ3v) is 2.93. The van der Waals surface area contributed by atoms with Gasteiger partial charge in [0, 0.05) is 12.3 Å². The van der Waals surface area contributed by atoms with Gasteiger partial charge in [-0.2, -0.15) is 13.2 Å². The zero-order valence-electron chi connectivity index (χ0n) is 9.33. The molecule has 0 amide bonds. The number of alkyl halides is 3. The number of hydrogen-bond donors (Lipinski definition) is 1. The number of aromatic nitrogens is 1. The van der Waals surface area contributed by atoms with Crippen LogP contribution in [-0.2, 0) is 0 Å². The number of oxazole rings is 1. The number of para-hydroxylation sites is 2. The summed E-state index contributed by atoms with van der Waals surface area (Å²) in [7, 11) is 0. The van der Waals surface area contributed by atoms with Gasteiger partial charge in [0.25, 0.3) is 5.22 Å². The van der Waals surface area contributed by atoms with Crippen LogP contribution in [0.1, 0.15) is 0 Å². The molecule has 2 aromatic rings. The first-order valence-corrected chi connectivity index (χ1v) is 6.29. The molecule has 1 heterocycles. The van der Waals surface area contributed by atoms with Crippen LogP contribution < -0.4 is 5.32 Å². The van der Waals surface area contributed by atoms with Gasteiger partial charge in [-0.25, -0.2) is 4.98 Å². The molecule has 18 heavy (non-hydrogen) atoms. The molecule has 0 saturated heterocycles. The van der Waals surface area contributed by atoms with Crippen molar-refractivity contribution in [1.82, 2.24) is 10.3 Å². The van der Waals surface area contributed by atoms with Gasteiger partial charge in [0.2, 0.25) is 0 Å². The lowest BCUT2D eigenvalue weighted by Gasteiger charge is -2.06. The van der Waals surface area contributed by atoms with E-state index in [1.807, 2.05) is 18.2 Å². The molecular weight excluding hydrogens is 265 g/mol. The molecule has 0 spiro atoms. The molecule has 1 aromatic carbocycles. The Balaban J connectivity index is 1.77. The lowest BCUT2D eigenvalue weighted by molar-refractivity contribution is -0.124. The van der Waals surface area contributed by atoms with Crippen molar-refractivity contribution in [2.45, 2.75) is 11.4 Å². The van der Waals surface area contributed by atoms with Crippen molar-refractivity contribution < 1.29 is 17.6 Å². The predicted molar refractivity (Wildman–Crippen MR) is 63.7 cm³/mol. The highest BCUT2D eigenvalue weighted by Crippen LogP contribution is 2.22. The molecule has 7 heteroatoms. The Labute approximate surface area is 106 Å². The molecule has 1 N–H and O–H groups in total. The first kappa shape index (κ1) is 13.2. The summed E-state index contributed by atoms with van der Waals surface area (Å²) in [6.07, 6.45) is -4.16. The molecule has 0 bridgehead atoms. The summed E-state index contributed by atoms with van der Waals surface area (Å²) in [5.74, 6) is 0.475. The van der Waals surface area contributed by atoms with Gasteiger partial charge in [0.1, 0.15) is 5.52 Å². The van der Waals surface area contributed by atoms with Crippen LogP contribution in [0.3, 0.4) is 0 Å². The van der Waals surface area contributed by atoms with Crippen molar-refractivity contribution in [3.05, 3.63) is 24.3 Å². The Kier molecular flexibility index (Phi) is 4.13. The molecule has 1 aromatic heterocycles. The molecule has 0 aliphatic heterocycles. The minimum atomic E-state index is -4.16. The van der Waals surface area contributed by atoms with Crippen LogP contribution in [0.4, 0.5) is 13.2 Å². The summed E-state index contributed by atoms with van der Waals surface area (Å²) < 4.78 is 41.0. The molecular formula is C11H11F3N2OS. The number of nitrogens with zero attached hydrogens (tertiary/aromatic N) is 1. The first-order chi connectivity index (χ1) is 8.54. The first-order valence-electron chi connectivity index (χ1n) is 5.30. The van der Waals surface area contributed by atoms with E-state index in [1.54, 1.807) is 6.07 Å². The van der Waals surface area contributed by atoms with Gasteiger partial charge < -0.3 is 9.73 Å². The SMILES string of the molecule is FC(F)(F)CNCCSc1nc2ccccc2o1. The van der Waals surface area contributed by atoms with Gasteiger partial charge in [0.05, 0.1) is 6.54 Å². The summed E-state index contributed by atoms with van der Waals surface area (Å²) in [6.45, 7) is -0.718. The summed E-state index contributed by atoms with van der Waals surface area (Å²) in [5.41, 5.74) is 1.44. The highest BCUT2D eigenvalue weighted by molar-refractivity contribution is 7.99. The number of fused-ring (bicyclic) bond motifs is 1. The van der Waals surface area contributed by atoms with Gasteiger partial charge in [-0.1, -0.05) is 23.9 Å². The van der Waals surface area contributed by atoms with Gasteiger partial charge in [-0.05, 0) is 12.1 Å². The summed E-state index contributed by atoms with van der Waals surface area (Å²) in [6, 6.07) is 7.32. The Bertz CT molecular complexity index is 479. The zero-order chi connectivity index (χ0) is 13.0. The van der Waals surface area contributed by atoms with E-state index in [1.165, 1.54) is 11.8 Å². The number of rotatable bonds is 5. The molecule has 0 fully saturated rings. The second-order valence-electron chi connectivity index (χ2n) is 3.59. The number of hydrogen-bond acceptors (Lipinski definition) is 4. The van der Waals surface area contributed by atoms with Gasteiger partial charge >= 0.3 is 6.18 Å². The fourth-order valence-corrected chi connectivity index (χ4v) is 2.09. The number of benzene rings is 1. The maximum Gasteiger partial charge on any atom is 0.401 e. The summed E-state index contributed by atoms with van der Waals surface area (Å²) in [5, 5.41) is 2.79. The smallest absolute Gasteiger partial charge is 0.401 e. The van der Waals surface area contributed by atoms with Gasteiger partial charge in [0.15, 0.2) is 5.58 Å². The monoisotopic (exact) mass is 276 g/mol. The third-order valence-electron chi connectivity index (χ3n) is 2.10. The largest absolute Gasteiger partial charge is 0.431 e. The second kappa shape index (κ2) is 5.62. The van der Waals surface area contributed by atoms with E-state index in [4.69, 9.17) is 4.42 Å². The van der Waals surface area contributed by atoms with Crippen LogP contribution in [0.5, 0.6) is 0 Å². The van der Waals surface area contributed by atoms with Crippen LogP contribution in [-0.4, -0.2) is 30.0 Å². The average molecular weight is 276 g/mol. The molecule has 0 atom stereocenters. The number of nitrogens with one attached hydrogen (secondary N) is 1. The fourth-order valence-electron chi connectivity index (χ4n) is 1.35. The lowest BCUT2D eigenvalue weighted by atomic mass is 10.3. The lowest BCUT2D eigenvalue weighted by Crippen LogP contribution is -2.30. The molecule has 0 radical (unpaired) electrons. The molecule has 98 valence electrons. The molecule has 2 rings (SSSR count). The number of halogens is 3. The van der Waals surface area contributed by atoms with Crippen molar-refractivity contribution in [3.63, 3.8) is 0 Å². The topological polar surface area (TPSA) is 38.1 Å². The van der Waals surface area contributed by atoms with Crippen molar-refractivity contribution in [2.24, 2.45) is 0 Å². The third kappa shape index (κ3) is 3.92. The van der Waals surface area contributed by atoms with E-state index < -0.39 is 12.7 Å². The zero-order valence-corrected chi connectivity index (χ0v) is 10.1. The molecule has 0 aliphatic carbocycles. The van der Waals surface area contributed by atoms with Gasteiger partial charge in [-0.3, -0.25) is 0 Å². The molecule has 3 nitrogen and oxygen atoms in total. The maximum absolute atomic E-state index is 11.8. The van der Waals surface area contributed by atoms with E-state index in [0.717, 1.165) is 5.52 Å². The van der Waals surface area contributed by atoms with E-state index >= 15 is 0 Å². The van der Waals surface area contributed by atoms with E-state index in [-0.39, 0.29) is 6.54 Å². The van der Waals surface area contributed by atoms with Crippen molar-refractivity contribution in [2.75, 3.05) is 18.8 Å². The maximum atomic E-state index is 11.8. The van der Waals surface area contributed by atoms with E-state index in [0.29, 0.717) is 16.6 Å². The van der Waals surface area contributed by atoms with Crippen LogP contribution >= 0.6 is 11.8 Å². The van der Waals surface area contributed by atoms with E-state index in [9.17, 15) is 13.2 Å². The van der Waals surface area contributed by atoms with Crippen LogP contribution in [0, 0.1) is 0 Å². The Morgan fingerprint density at radius 2 is 2.06 bits per heavy atom.